The Morgan fingerprint density at radius 3 is 2.84 bits per heavy atom. The molecule has 4 rings (SSSR count). The van der Waals surface area contributed by atoms with Crippen molar-refractivity contribution in [2.24, 2.45) is 5.92 Å². The number of carbonyl (C=O) groups is 1. The summed E-state index contributed by atoms with van der Waals surface area (Å²) in [5, 5.41) is 10.7. The lowest BCUT2D eigenvalue weighted by Gasteiger charge is -2.22. The average Bonchev–Trinajstić information content (AvgIpc) is 3.30. The maximum Gasteiger partial charge on any atom is 0.253 e. The van der Waals surface area contributed by atoms with E-state index in [0.29, 0.717) is 11.5 Å². The third-order valence-electron chi connectivity index (χ3n) is 4.85. The first-order valence-electron chi connectivity index (χ1n) is 8.57. The molecule has 0 spiro atoms. The normalized spacial score (nSPS) is 17.2. The van der Waals surface area contributed by atoms with E-state index in [-0.39, 0.29) is 5.91 Å². The third kappa shape index (κ3) is 3.20. The Hall–Kier alpha value is -2.89. The number of aromatic amines is 1. The van der Waals surface area contributed by atoms with E-state index in [2.05, 4.69) is 44.6 Å². The van der Waals surface area contributed by atoms with Gasteiger partial charge >= 0.3 is 0 Å². The van der Waals surface area contributed by atoms with Gasteiger partial charge in [0.1, 0.15) is 11.0 Å². The second-order valence-corrected chi connectivity index (χ2v) is 6.65. The van der Waals surface area contributed by atoms with Gasteiger partial charge in [0, 0.05) is 37.9 Å². The van der Waals surface area contributed by atoms with Crippen molar-refractivity contribution in [3.63, 3.8) is 0 Å². The number of H-pyrrole nitrogens is 1. The molecule has 0 radical (unpaired) electrons. The van der Waals surface area contributed by atoms with Crippen LogP contribution in [0.4, 0.5) is 5.69 Å². The fraction of sp³-hybridized carbons (Fsp3) is 0.316. The van der Waals surface area contributed by atoms with Crippen molar-refractivity contribution < 1.29 is 4.79 Å². The molecule has 3 aromatic rings. The fourth-order valence-corrected chi connectivity index (χ4v) is 3.52. The number of anilines is 1. The van der Waals surface area contributed by atoms with E-state index in [9.17, 15) is 4.79 Å². The average molecular weight is 335 g/mol. The summed E-state index contributed by atoms with van der Waals surface area (Å²) in [6, 6.07) is 15.9. The van der Waals surface area contributed by atoms with E-state index in [1.807, 2.05) is 30.1 Å². The smallest absolute Gasteiger partial charge is 0.253 e. The third-order valence-corrected chi connectivity index (χ3v) is 4.85. The molecule has 0 unspecified atom stereocenters. The largest absolute Gasteiger partial charge is 0.371 e. The van der Waals surface area contributed by atoms with Crippen LogP contribution in [-0.2, 0) is 0 Å². The van der Waals surface area contributed by atoms with Crippen LogP contribution in [0.15, 0.2) is 48.5 Å². The van der Waals surface area contributed by atoms with Crippen LogP contribution in [0, 0.1) is 5.92 Å². The number of fused-ring (bicyclic) bond motifs is 1. The van der Waals surface area contributed by atoms with Crippen LogP contribution >= 0.6 is 0 Å². The second-order valence-electron chi connectivity index (χ2n) is 6.65. The lowest BCUT2D eigenvalue weighted by Crippen LogP contribution is -2.33. The summed E-state index contributed by atoms with van der Waals surface area (Å²) in [6.45, 7) is 2.80. The lowest BCUT2D eigenvalue weighted by atomic mass is 10.1. The first-order chi connectivity index (χ1) is 12.2. The SMILES string of the molecule is CN(C[C@@H]1CCN(c2ccccc2)C1)C(=O)c1ccc2n[nH]nc2c1. The summed E-state index contributed by atoms with van der Waals surface area (Å²) in [4.78, 5) is 16.9. The van der Waals surface area contributed by atoms with E-state index in [0.717, 1.165) is 37.1 Å². The molecule has 25 heavy (non-hydrogen) atoms. The highest BCUT2D eigenvalue weighted by molar-refractivity contribution is 5.97. The molecule has 1 fully saturated rings. The lowest BCUT2D eigenvalue weighted by molar-refractivity contribution is 0.0776. The van der Waals surface area contributed by atoms with Crippen molar-refractivity contribution in [3.05, 3.63) is 54.1 Å². The molecule has 2 aromatic carbocycles. The molecule has 1 aliphatic heterocycles. The van der Waals surface area contributed by atoms with E-state index >= 15 is 0 Å². The number of nitrogens with one attached hydrogen (secondary N) is 1. The summed E-state index contributed by atoms with van der Waals surface area (Å²) >= 11 is 0. The van der Waals surface area contributed by atoms with Crippen LogP contribution in [0.2, 0.25) is 0 Å². The zero-order valence-corrected chi connectivity index (χ0v) is 14.2. The van der Waals surface area contributed by atoms with Crippen LogP contribution in [0.25, 0.3) is 11.0 Å². The quantitative estimate of drug-likeness (QED) is 0.796. The van der Waals surface area contributed by atoms with Gasteiger partial charge in [0.25, 0.3) is 5.91 Å². The van der Waals surface area contributed by atoms with E-state index in [1.165, 1.54) is 5.69 Å². The zero-order valence-electron chi connectivity index (χ0n) is 14.2. The molecule has 0 bridgehead atoms. The summed E-state index contributed by atoms with van der Waals surface area (Å²) in [5.41, 5.74) is 3.40. The first-order valence-corrected chi connectivity index (χ1v) is 8.57. The van der Waals surface area contributed by atoms with Crippen LogP contribution in [0.1, 0.15) is 16.8 Å². The van der Waals surface area contributed by atoms with Crippen LogP contribution < -0.4 is 4.90 Å². The molecule has 1 amide bonds. The molecule has 1 saturated heterocycles. The number of aromatic nitrogens is 3. The highest BCUT2D eigenvalue weighted by Gasteiger charge is 2.25. The molecule has 1 atom stereocenters. The van der Waals surface area contributed by atoms with Gasteiger partial charge in [-0.15, -0.1) is 0 Å². The minimum Gasteiger partial charge on any atom is -0.371 e. The predicted molar refractivity (Wildman–Crippen MR) is 97.6 cm³/mol. The van der Waals surface area contributed by atoms with Crippen LogP contribution in [0.5, 0.6) is 0 Å². The summed E-state index contributed by atoms with van der Waals surface area (Å²) < 4.78 is 0. The topological polar surface area (TPSA) is 65.1 Å². The molecule has 6 heteroatoms. The highest BCUT2D eigenvalue weighted by atomic mass is 16.2. The number of hydrogen-bond acceptors (Lipinski definition) is 4. The molecule has 1 aromatic heterocycles. The number of rotatable bonds is 4. The standard InChI is InChI=1S/C19H21N5O/c1-23(19(25)15-7-8-17-18(11-15)21-22-20-17)12-14-9-10-24(13-14)16-5-3-2-4-6-16/h2-8,11,14H,9-10,12-13H2,1H3,(H,20,21,22)/t14-/m0/s1. The number of benzene rings is 2. The molecule has 1 N–H and O–H groups in total. The molecular formula is C19H21N5O. The Kier molecular flexibility index (Phi) is 4.09. The fourth-order valence-electron chi connectivity index (χ4n) is 3.52. The number of nitrogens with zero attached hydrogens (tertiary/aromatic N) is 4. The van der Waals surface area contributed by atoms with Gasteiger partial charge < -0.3 is 9.80 Å². The zero-order chi connectivity index (χ0) is 17.2. The van der Waals surface area contributed by atoms with Crippen molar-refractivity contribution >= 4 is 22.6 Å². The van der Waals surface area contributed by atoms with Crippen LogP contribution in [-0.4, -0.2) is 52.9 Å². The molecule has 2 heterocycles. The van der Waals surface area contributed by atoms with E-state index in [1.54, 1.807) is 6.07 Å². The van der Waals surface area contributed by atoms with E-state index in [4.69, 9.17) is 0 Å². The number of carbonyl (C=O) groups excluding carboxylic acids is 1. The Balaban J connectivity index is 1.40. The Labute approximate surface area is 146 Å². The molecule has 0 aliphatic carbocycles. The van der Waals surface area contributed by atoms with Gasteiger partial charge in [-0.3, -0.25) is 4.79 Å². The Morgan fingerprint density at radius 2 is 2.00 bits per heavy atom. The Morgan fingerprint density at radius 1 is 1.20 bits per heavy atom. The molecular weight excluding hydrogens is 314 g/mol. The van der Waals surface area contributed by atoms with Gasteiger partial charge in [-0.05, 0) is 42.7 Å². The van der Waals surface area contributed by atoms with Crippen molar-refractivity contribution in [2.45, 2.75) is 6.42 Å². The maximum absolute atomic E-state index is 12.7. The monoisotopic (exact) mass is 335 g/mol. The van der Waals surface area contributed by atoms with Gasteiger partial charge in [-0.2, -0.15) is 15.4 Å². The minimum atomic E-state index is 0.0306. The predicted octanol–water partition coefficient (Wildman–Crippen LogP) is 2.56. The van der Waals surface area contributed by atoms with Crippen molar-refractivity contribution in [1.29, 1.82) is 0 Å². The van der Waals surface area contributed by atoms with Crippen molar-refractivity contribution in [3.8, 4) is 0 Å². The number of amides is 1. The Bertz CT molecular complexity index is 876. The first kappa shape index (κ1) is 15.6. The second kappa shape index (κ2) is 6.55. The highest BCUT2D eigenvalue weighted by Crippen LogP contribution is 2.24. The maximum atomic E-state index is 12.7. The van der Waals surface area contributed by atoms with Gasteiger partial charge in [-0.1, -0.05) is 18.2 Å². The number of para-hydroxylation sites is 1. The van der Waals surface area contributed by atoms with Crippen molar-refractivity contribution in [2.75, 3.05) is 31.6 Å². The van der Waals surface area contributed by atoms with Gasteiger partial charge in [0.05, 0.1) is 0 Å². The molecule has 128 valence electrons. The van der Waals surface area contributed by atoms with Gasteiger partial charge in [0.2, 0.25) is 0 Å². The number of hydrogen-bond donors (Lipinski definition) is 1. The van der Waals surface area contributed by atoms with Crippen LogP contribution in [0.3, 0.4) is 0 Å². The molecule has 0 saturated carbocycles. The van der Waals surface area contributed by atoms with Crippen molar-refractivity contribution in [1.82, 2.24) is 20.3 Å². The minimum absolute atomic E-state index is 0.0306. The summed E-state index contributed by atoms with van der Waals surface area (Å²) in [6.07, 6.45) is 1.11. The molecule has 6 nitrogen and oxygen atoms in total. The summed E-state index contributed by atoms with van der Waals surface area (Å²) in [5.74, 6) is 0.521. The van der Waals surface area contributed by atoms with Gasteiger partial charge in [-0.25, -0.2) is 0 Å². The summed E-state index contributed by atoms with van der Waals surface area (Å²) in [7, 11) is 1.88. The van der Waals surface area contributed by atoms with E-state index < -0.39 is 0 Å². The van der Waals surface area contributed by atoms with Gasteiger partial charge in [0.15, 0.2) is 0 Å². The molecule has 1 aliphatic rings.